The molecule has 0 saturated heterocycles. The molecule has 34 heavy (non-hydrogen) atoms. The van der Waals surface area contributed by atoms with Crippen molar-refractivity contribution in [3.63, 3.8) is 0 Å². The SMILES string of the molecule is Cc1c(-c2cccc3oc4ccccc4c23)nc(Cl)nc1-c1cccc2oc3ccccc3c12. The number of hydrogen-bond donors (Lipinski definition) is 0. The quantitative estimate of drug-likeness (QED) is 0.242. The molecule has 0 aliphatic carbocycles. The number of benzene rings is 4. The van der Waals surface area contributed by atoms with Gasteiger partial charge in [-0.05, 0) is 42.8 Å². The molecule has 0 amide bonds. The van der Waals surface area contributed by atoms with Crippen molar-refractivity contribution in [3.8, 4) is 22.5 Å². The molecule has 0 N–H and O–H groups in total. The van der Waals surface area contributed by atoms with Gasteiger partial charge < -0.3 is 8.83 Å². The maximum Gasteiger partial charge on any atom is 0.223 e. The third kappa shape index (κ3) is 2.72. The van der Waals surface area contributed by atoms with Gasteiger partial charge in [-0.2, -0.15) is 0 Å². The highest BCUT2D eigenvalue weighted by molar-refractivity contribution is 6.28. The molecule has 0 atom stereocenters. The molecule has 4 aromatic carbocycles. The average Bonchev–Trinajstić information content (AvgIpc) is 3.43. The van der Waals surface area contributed by atoms with E-state index in [2.05, 4.69) is 34.2 Å². The zero-order chi connectivity index (χ0) is 22.8. The molecule has 3 heterocycles. The van der Waals surface area contributed by atoms with E-state index in [0.29, 0.717) is 0 Å². The van der Waals surface area contributed by atoms with Crippen molar-refractivity contribution in [1.29, 1.82) is 0 Å². The van der Waals surface area contributed by atoms with Gasteiger partial charge in [-0.3, -0.25) is 0 Å². The monoisotopic (exact) mass is 460 g/mol. The molecule has 0 fully saturated rings. The second-order valence-corrected chi connectivity index (χ2v) is 8.71. The fourth-order valence-electron chi connectivity index (χ4n) is 4.96. The van der Waals surface area contributed by atoms with Crippen LogP contribution in [0.25, 0.3) is 66.4 Å². The Hall–Kier alpha value is -4.15. The van der Waals surface area contributed by atoms with E-state index >= 15 is 0 Å². The topological polar surface area (TPSA) is 52.1 Å². The van der Waals surface area contributed by atoms with Crippen LogP contribution in [0.1, 0.15) is 5.56 Å². The first-order valence-corrected chi connectivity index (χ1v) is 11.4. The van der Waals surface area contributed by atoms with Crippen LogP contribution in [-0.2, 0) is 0 Å². The number of halogens is 1. The molecule has 5 heteroatoms. The van der Waals surface area contributed by atoms with Gasteiger partial charge in [0, 0.05) is 38.2 Å². The number of para-hydroxylation sites is 2. The lowest BCUT2D eigenvalue weighted by Crippen LogP contribution is -1.98. The standard InChI is InChI=1S/C29H17ClN2O2/c1-16-27(19-10-6-14-23-25(19)17-8-2-4-12-21(17)33-23)31-29(30)32-28(16)20-11-7-15-24-26(20)18-9-3-5-13-22(18)34-24/h2-15H,1H3. The lowest BCUT2D eigenvalue weighted by atomic mass is 9.96. The van der Waals surface area contributed by atoms with Crippen molar-refractivity contribution < 1.29 is 8.83 Å². The van der Waals surface area contributed by atoms with Crippen LogP contribution in [0.5, 0.6) is 0 Å². The fourth-order valence-corrected chi connectivity index (χ4v) is 5.13. The smallest absolute Gasteiger partial charge is 0.223 e. The Balaban J connectivity index is 1.56. The molecule has 0 aliphatic rings. The molecule has 7 aromatic rings. The molecule has 0 bridgehead atoms. The fraction of sp³-hybridized carbons (Fsp3) is 0.0345. The summed E-state index contributed by atoms with van der Waals surface area (Å²) in [6.45, 7) is 2.04. The van der Waals surface area contributed by atoms with Crippen molar-refractivity contribution in [2.24, 2.45) is 0 Å². The van der Waals surface area contributed by atoms with Crippen LogP contribution in [-0.4, -0.2) is 9.97 Å². The van der Waals surface area contributed by atoms with Crippen molar-refractivity contribution >= 4 is 55.5 Å². The molecule has 162 valence electrons. The van der Waals surface area contributed by atoms with Crippen LogP contribution in [0, 0.1) is 6.92 Å². The molecule has 0 saturated carbocycles. The van der Waals surface area contributed by atoms with E-state index in [4.69, 9.17) is 20.4 Å². The van der Waals surface area contributed by atoms with Crippen LogP contribution in [0.4, 0.5) is 0 Å². The van der Waals surface area contributed by atoms with Gasteiger partial charge in [-0.1, -0.05) is 60.7 Å². The van der Waals surface area contributed by atoms with Crippen LogP contribution in [0.3, 0.4) is 0 Å². The van der Waals surface area contributed by atoms with Gasteiger partial charge in [-0.25, -0.2) is 9.97 Å². The molecule has 0 spiro atoms. The van der Waals surface area contributed by atoms with Crippen LogP contribution >= 0.6 is 11.6 Å². The van der Waals surface area contributed by atoms with E-state index in [0.717, 1.165) is 72.0 Å². The molecule has 3 aromatic heterocycles. The minimum Gasteiger partial charge on any atom is -0.456 e. The van der Waals surface area contributed by atoms with Gasteiger partial charge in [0.2, 0.25) is 5.28 Å². The first-order chi connectivity index (χ1) is 16.7. The second-order valence-electron chi connectivity index (χ2n) is 8.37. The Morgan fingerprint density at radius 2 is 1.00 bits per heavy atom. The van der Waals surface area contributed by atoms with E-state index in [1.807, 2.05) is 67.6 Å². The number of nitrogens with zero attached hydrogens (tertiary/aromatic N) is 2. The molecule has 4 nitrogen and oxygen atoms in total. The molecular formula is C29H17ClN2O2. The summed E-state index contributed by atoms with van der Waals surface area (Å²) in [5.74, 6) is 0. The lowest BCUT2D eigenvalue weighted by Gasteiger charge is -2.13. The zero-order valence-corrected chi connectivity index (χ0v) is 18.9. The number of rotatable bonds is 2. The van der Waals surface area contributed by atoms with E-state index in [9.17, 15) is 0 Å². The predicted octanol–water partition coefficient (Wildman–Crippen LogP) is 8.57. The van der Waals surface area contributed by atoms with Crippen LogP contribution in [0.2, 0.25) is 5.28 Å². The van der Waals surface area contributed by atoms with Gasteiger partial charge in [-0.15, -0.1) is 0 Å². The normalized spacial score (nSPS) is 11.8. The summed E-state index contributed by atoms with van der Waals surface area (Å²) in [5, 5.41) is 4.34. The lowest BCUT2D eigenvalue weighted by molar-refractivity contribution is 0.668. The Labute approximate surface area is 199 Å². The average molecular weight is 461 g/mol. The largest absolute Gasteiger partial charge is 0.456 e. The number of fused-ring (bicyclic) bond motifs is 6. The van der Waals surface area contributed by atoms with Gasteiger partial charge in [0.1, 0.15) is 22.3 Å². The predicted molar refractivity (Wildman–Crippen MR) is 137 cm³/mol. The molecule has 7 rings (SSSR count). The highest BCUT2D eigenvalue weighted by Crippen LogP contribution is 2.41. The van der Waals surface area contributed by atoms with Crippen LogP contribution < -0.4 is 0 Å². The highest BCUT2D eigenvalue weighted by atomic mass is 35.5. The Bertz CT molecular complexity index is 1760. The third-order valence-corrected chi connectivity index (χ3v) is 6.60. The summed E-state index contributed by atoms with van der Waals surface area (Å²) in [5.41, 5.74) is 7.78. The number of hydrogen-bond acceptors (Lipinski definition) is 4. The van der Waals surface area contributed by atoms with E-state index < -0.39 is 0 Å². The molecular weight excluding hydrogens is 444 g/mol. The molecule has 0 aliphatic heterocycles. The zero-order valence-electron chi connectivity index (χ0n) is 18.2. The van der Waals surface area contributed by atoms with Gasteiger partial charge in [0.05, 0.1) is 11.4 Å². The summed E-state index contributed by atoms with van der Waals surface area (Å²) < 4.78 is 12.2. The van der Waals surface area contributed by atoms with Crippen molar-refractivity contribution in [1.82, 2.24) is 9.97 Å². The van der Waals surface area contributed by atoms with E-state index in [-0.39, 0.29) is 5.28 Å². The summed E-state index contributed by atoms with van der Waals surface area (Å²) in [7, 11) is 0. The third-order valence-electron chi connectivity index (χ3n) is 6.43. The first kappa shape index (κ1) is 19.3. The first-order valence-electron chi connectivity index (χ1n) is 11.0. The second kappa shape index (κ2) is 7.17. The molecule has 0 radical (unpaired) electrons. The number of furan rings is 2. The maximum absolute atomic E-state index is 6.54. The highest BCUT2D eigenvalue weighted by Gasteiger charge is 2.21. The van der Waals surface area contributed by atoms with Gasteiger partial charge in [0.15, 0.2) is 0 Å². The Morgan fingerprint density at radius 3 is 1.50 bits per heavy atom. The van der Waals surface area contributed by atoms with E-state index in [1.54, 1.807) is 0 Å². The summed E-state index contributed by atoms with van der Waals surface area (Å²) in [4.78, 5) is 9.37. The number of aromatic nitrogens is 2. The summed E-state index contributed by atoms with van der Waals surface area (Å²) in [6.07, 6.45) is 0. The maximum atomic E-state index is 6.54. The minimum atomic E-state index is 0.199. The molecule has 0 unspecified atom stereocenters. The van der Waals surface area contributed by atoms with E-state index in [1.165, 1.54) is 0 Å². The van der Waals surface area contributed by atoms with Gasteiger partial charge >= 0.3 is 0 Å². The van der Waals surface area contributed by atoms with Gasteiger partial charge in [0.25, 0.3) is 0 Å². The summed E-state index contributed by atoms with van der Waals surface area (Å²) in [6, 6.07) is 28.2. The van der Waals surface area contributed by atoms with Crippen molar-refractivity contribution in [3.05, 3.63) is 95.8 Å². The van der Waals surface area contributed by atoms with Crippen LogP contribution in [0.15, 0.2) is 93.8 Å². The Morgan fingerprint density at radius 1 is 0.559 bits per heavy atom. The minimum absolute atomic E-state index is 0.199. The Kier molecular flexibility index (Phi) is 4.08. The van der Waals surface area contributed by atoms with Crippen molar-refractivity contribution in [2.45, 2.75) is 6.92 Å². The summed E-state index contributed by atoms with van der Waals surface area (Å²) >= 11 is 6.54. The van der Waals surface area contributed by atoms with Crippen molar-refractivity contribution in [2.75, 3.05) is 0 Å².